The minimum absolute atomic E-state index is 0.0707. The van der Waals surface area contributed by atoms with Crippen LogP contribution < -0.4 is 10.6 Å². The van der Waals surface area contributed by atoms with E-state index >= 15 is 0 Å². The van der Waals surface area contributed by atoms with Crippen LogP contribution in [-0.4, -0.2) is 17.2 Å². The number of aromatic hydroxyl groups is 1. The van der Waals surface area contributed by atoms with Gasteiger partial charge in [0.2, 0.25) is 0 Å². The predicted molar refractivity (Wildman–Crippen MR) is 95.5 cm³/mol. The highest BCUT2D eigenvalue weighted by molar-refractivity contribution is 5.89. The van der Waals surface area contributed by atoms with Gasteiger partial charge in [0.05, 0.1) is 0 Å². The predicted octanol–water partition coefficient (Wildman–Crippen LogP) is 4.54. The van der Waals surface area contributed by atoms with Gasteiger partial charge in [-0.1, -0.05) is 24.3 Å². The number of phenols is 1. The molecule has 0 spiro atoms. The molecule has 0 heterocycles. The molecule has 0 radical (unpaired) electrons. The van der Waals surface area contributed by atoms with Gasteiger partial charge in [0.15, 0.2) is 11.6 Å². The summed E-state index contributed by atoms with van der Waals surface area (Å²) >= 11 is 0. The SMILES string of the molecule is Cc1cc(/C=C/c2ccc(NC(=O)NC(C)C)cc2)cc(F)c1O. The first-order chi connectivity index (χ1) is 11.3. The number of phenolic OH excluding ortho intramolecular Hbond substituents is 1. The van der Waals surface area contributed by atoms with Crippen molar-refractivity contribution in [1.82, 2.24) is 5.32 Å². The Morgan fingerprint density at radius 3 is 2.33 bits per heavy atom. The summed E-state index contributed by atoms with van der Waals surface area (Å²) in [5.41, 5.74) is 2.76. The smallest absolute Gasteiger partial charge is 0.319 e. The van der Waals surface area contributed by atoms with Crippen molar-refractivity contribution in [3.8, 4) is 5.75 Å². The number of urea groups is 1. The summed E-state index contributed by atoms with van der Waals surface area (Å²) < 4.78 is 13.5. The Morgan fingerprint density at radius 1 is 1.12 bits per heavy atom. The van der Waals surface area contributed by atoms with E-state index in [9.17, 15) is 14.3 Å². The highest BCUT2D eigenvalue weighted by atomic mass is 19.1. The number of nitrogens with one attached hydrogen (secondary N) is 2. The van der Waals surface area contributed by atoms with Gasteiger partial charge in [-0.25, -0.2) is 9.18 Å². The molecule has 3 N–H and O–H groups in total. The third-order valence-electron chi connectivity index (χ3n) is 3.33. The first-order valence-electron chi connectivity index (χ1n) is 7.70. The van der Waals surface area contributed by atoms with E-state index in [2.05, 4.69) is 10.6 Å². The van der Waals surface area contributed by atoms with Gasteiger partial charge in [0.25, 0.3) is 0 Å². The van der Waals surface area contributed by atoms with Crippen molar-refractivity contribution in [2.75, 3.05) is 5.32 Å². The molecule has 2 rings (SSSR count). The maximum Gasteiger partial charge on any atom is 0.319 e. The maximum absolute atomic E-state index is 13.5. The number of benzene rings is 2. The molecule has 0 aliphatic heterocycles. The standard InChI is InChI=1S/C19H21FN2O2/c1-12(2)21-19(24)22-16-8-6-14(7-9-16)4-5-15-10-13(3)18(23)17(20)11-15/h4-12,23H,1-3H3,(H2,21,22,24)/b5-4+. The summed E-state index contributed by atoms with van der Waals surface area (Å²) in [6, 6.07) is 10.1. The van der Waals surface area contributed by atoms with Crippen LogP contribution >= 0.6 is 0 Å². The Balaban J connectivity index is 2.05. The summed E-state index contributed by atoms with van der Waals surface area (Å²) in [6.07, 6.45) is 3.60. The number of hydrogen-bond donors (Lipinski definition) is 3. The quantitative estimate of drug-likeness (QED) is 0.722. The molecule has 2 amide bonds. The van der Waals surface area contributed by atoms with Crippen molar-refractivity contribution in [3.63, 3.8) is 0 Å². The van der Waals surface area contributed by atoms with Crippen molar-refractivity contribution < 1.29 is 14.3 Å². The zero-order valence-electron chi connectivity index (χ0n) is 13.9. The summed E-state index contributed by atoms with van der Waals surface area (Å²) in [5.74, 6) is -0.951. The third kappa shape index (κ3) is 4.84. The van der Waals surface area contributed by atoms with Crippen LogP contribution in [0.25, 0.3) is 12.2 Å². The van der Waals surface area contributed by atoms with Crippen LogP contribution in [0.4, 0.5) is 14.9 Å². The molecule has 24 heavy (non-hydrogen) atoms. The van der Waals surface area contributed by atoms with Crippen molar-refractivity contribution in [1.29, 1.82) is 0 Å². The lowest BCUT2D eigenvalue weighted by molar-refractivity contribution is 0.250. The average molecular weight is 328 g/mol. The van der Waals surface area contributed by atoms with Crippen LogP contribution in [0.1, 0.15) is 30.5 Å². The summed E-state index contributed by atoms with van der Waals surface area (Å²) in [7, 11) is 0. The lowest BCUT2D eigenvalue weighted by atomic mass is 10.1. The van der Waals surface area contributed by atoms with E-state index in [1.165, 1.54) is 6.07 Å². The van der Waals surface area contributed by atoms with Crippen molar-refractivity contribution in [3.05, 3.63) is 58.9 Å². The van der Waals surface area contributed by atoms with E-state index in [-0.39, 0.29) is 17.8 Å². The molecule has 5 heteroatoms. The van der Waals surface area contributed by atoms with Gasteiger partial charge in [-0.05, 0) is 61.7 Å². The molecular formula is C19H21FN2O2. The first-order valence-corrected chi connectivity index (χ1v) is 7.70. The zero-order chi connectivity index (χ0) is 17.7. The molecular weight excluding hydrogens is 307 g/mol. The summed E-state index contributed by atoms with van der Waals surface area (Å²) in [4.78, 5) is 11.6. The molecule has 0 saturated heterocycles. The molecule has 4 nitrogen and oxygen atoms in total. The molecule has 0 bridgehead atoms. The average Bonchev–Trinajstić information content (AvgIpc) is 2.51. The molecule has 0 saturated carbocycles. The number of carbonyl (C=O) groups is 1. The number of halogens is 1. The van der Waals surface area contributed by atoms with Gasteiger partial charge in [0, 0.05) is 11.7 Å². The highest BCUT2D eigenvalue weighted by Gasteiger charge is 2.05. The normalized spacial score (nSPS) is 11.0. The second-order valence-corrected chi connectivity index (χ2v) is 5.88. The molecule has 0 aromatic heterocycles. The Hall–Kier alpha value is -2.82. The van der Waals surface area contributed by atoms with Crippen LogP contribution in [0, 0.1) is 12.7 Å². The minimum Gasteiger partial charge on any atom is -0.505 e. The van der Waals surface area contributed by atoms with Gasteiger partial charge >= 0.3 is 6.03 Å². The zero-order valence-corrected chi connectivity index (χ0v) is 13.9. The maximum atomic E-state index is 13.5. The topological polar surface area (TPSA) is 61.4 Å². The van der Waals surface area contributed by atoms with Crippen molar-refractivity contribution >= 4 is 23.9 Å². The molecule has 126 valence electrons. The van der Waals surface area contributed by atoms with Crippen LogP contribution in [0.5, 0.6) is 5.75 Å². The molecule has 0 fully saturated rings. The Morgan fingerprint density at radius 2 is 1.75 bits per heavy atom. The van der Waals surface area contributed by atoms with Crippen LogP contribution in [0.15, 0.2) is 36.4 Å². The number of aryl methyl sites for hydroxylation is 1. The van der Waals surface area contributed by atoms with Gasteiger partial charge in [-0.3, -0.25) is 0 Å². The van der Waals surface area contributed by atoms with E-state index < -0.39 is 5.82 Å². The Bertz CT molecular complexity index is 729. The van der Waals surface area contributed by atoms with Gasteiger partial charge in [-0.15, -0.1) is 0 Å². The molecule has 0 aliphatic rings. The Labute approximate surface area is 141 Å². The molecule has 2 aromatic rings. The van der Waals surface area contributed by atoms with E-state index in [1.807, 2.05) is 32.1 Å². The summed E-state index contributed by atoms with van der Waals surface area (Å²) in [6.45, 7) is 5.43. The van der Waals surface area contributed by atoms with Crippen molar-refractivity contribution in [2.45, 2.75) is 26.8 Å². The second-order valence-electron chi connectivity index (χ2n) is 5.88. The van der Waals surface area contributed by atoms with Crippen LogP contribution in [0.2, 0.25) is 0 Å². The molecule has 0 unspecified atom stereocenters. The van der Waals surface area contributed by atoms with Crippen LogP contribution in [0.3, 0.4) is 0 Å². The van der Waals surface area contributed by atoms with Crippen molar-refractivity contribution in [2.24, 2.45) is 0 Å². The van der Waals surface area contributed by atoms with E-state index in [0.717, 1.165) is 5.56 Å². The lowest BCUT2D eigenvalue weighted by Crippen LogP contribution is -2.34. The van der Waals surface area contributed by atoms with Gasteiger partial charge < -0.3 is 15.7 Å². The minimum atomic E-state index is -0.634. The Kier molecular flexibility index (Phi) is 5.58. The fourth-order valence-corrected chi connectivity index (χ4v) is 2.16. The molecule has 2 aromatic carbocycles. The third-order valence-corrected chi connectivity index (χ3v) is 3.33. The molecule has 0 atom stereocenters. The van der Waals surface area contributed by atoms with Gasteiger partial charge in [0.1, 0.15) is 0 Å². The number of carbonyl (C=O) groups excluding carboxylic acids is 1. The number of hydrogen-bond acceptors (Lipinski definition) is 2. The van der Waals surface area contributed by atoms with E-state index in [1.54, 1.807) is 31.2 Å². The first kappa shape index (κ1) is 17.5. The van der Waals surface area contributed by atoms with E-state index in [0.29, 0.717) is 16.8 Å². The number of rotatable bonds is 4. The fourth-order valence-electron chi connectivity index (χ4n) is 2.16. The number of amides is 2. The fraction of sp³-hybridized carbons (Fsp3) is 0.211. The van der Waals surface area contributed by atoms with Crippen LogP contribution in [-0.2, 0) is 0 Å². The van der Waals surface area contributed by atoms with Gasteiger partial charge in [-0.2, -0.15) is 0 Å². The lowest BCUT2D eigenvalue weighted by Gasteiger charge is -2.10. The monoisotopic (exact) mass is 328 g/mol. The number of anilines is 1. The second kappa shape index (κ2) is 7.64. The largest absolute Gasteiger partial charge is 0.505 e. The molecule has 0 aliphatic carbocycles. The summed E-state index contributed by atoms with van der Waals surface area (Å²) in [5, 5.41) is 14.9. The van der Waals surface area contributed by atoms with E-state index in [4.69, 9.17) is 0 Å². The highest BCUT2D eigenvalue weighted by Crippen LogP contribution is 2.23.